The van der Waals surface area contributed by atoms with Crippen LogP contribution in [0.25, 0.3) is 54.2 Å². The summed E-state index contributed by atoms with van der Waals surface area (Å²) < 4.78 is 0. The summed E-state index contributed by atoms with van der Waals surface area (Å²) in [6.07, 6.45) is 0. The highest BCUT2D eigenvalue weighted by molar-refractivity contribution is 6.30. The third-order valence-electron chi connectivity index (χ3n) is 5.90. The van der Waals surface area contributed by atoms with Gasteiger partial charge in [-0.15, -0.1) is 0 Å². The predicted molar refractivity (Wildman–Crippen MR) is 112 cm³/mol. The summed E-state index contributed by atoms with van der Waals surface area (Å²) >= 11 is 0. The number of hydrogen-bond donors (Lipinski definition) is 0. The number of nitro benzene ring substituents is 2. The third kappa shape index (κ3) is 1.71. The zero-order valence-corrected chi connectivity index (χ0v) is 15.0. The maximum atomic E-state index is 13.3. The number of nitrogens with zero attached hydrogens (tertiary/aromatic N) is 2. The van der Waals surface area contributed by atoms with E-state index in [0.29, 0.717) is 21.9 Å². The highest BCUT2D eigenvalue weighted by Crippen LogP contribution is 2.48. The Labute approximate surface area is 165 Å². The van der Waals surface area contributed by atoms with Crippen LogP contribution in [0.1, 0.15) is 0 Å². The second kappa shape index (κ2) is 5.12. The molecule has 8 nitrogen and oxygen atoms in total. The molecule has 142 valence electrons. The molecule has 6 rings (SSSR count). The van der Waals surface area contributed by atoms with Crippen molar-refractivity contribution in [2.45, 2.75) is 0 Å². The molecular weight excluding hydrogens is 388 g/mol. The van der Waals surface area contributed by atoms with Crippen LogP contribution in [0.15, 0.2) is 58.1 Å². The van der Waals surface area contributed by atoms with Gasteiger partial charge < -0.3 is 0 Å². The van der Waals surface area contributed by atoms with Gasteiger partial charge in [-0.05, 0) is 12.1 Å². The molecule has 2 aliphatic rings. The van der Waals surface area contributed by atoms with E-state index in [1.165, 1.54) is 36.4 Å². The summed E-state index contributed by atoms with van der Waals surface area (Å²) in [5.41, 5.74) is -0.554. The van der Waals surface area contributed by atoms with Crippen molar-refractivity contribution >= 4 is 54.5 Å². The van der Waals surface area contributed by atoms with Gasteiger partial charge in [0.1, 0.15) is 0 Å². The van der Waals surface area contributed by atoms with Crippen molar-refractivity contribution in [3.63, 3.8) is 0 Å². The molecule has 0 aromatic heterocycles. The van der Waals surface area contributed by atoms with Gasteiger partial charge >= 0.3 is 0 Å². The summed E-state index contributed by atoms with van der Waals surface area (Å²) in [6, 6.07) is 11.7. The van der Waals surface area contributed by atoms with Crippen LogP contribution in [0.4, 0.5) is 11.4 Å². The van der Waals surface area contributed by atoms with Crippen molar-refractivity contribution in [2.24, 2.45) is 0 Å². The van der Waals surface area contributed by atoms with Crippen molar-refractivity contribution in [3.8, 4) is 11.1 Å². The average molecular weight is 396 g/mol. The molecule has 0 saturated carbocycles. The molecule has 0 bridgehead atoms. The zero-order chi connectivity index (χ0) is 20.9. The van der Waals surface area contributed by atoms with E-state index in [2.05, 4.69) is 0 Å². The Hall–Kier alpha value is -4.46. The smallest absolute Gasteiger partial charge is 0.277 e. The van der Waals surface area contributed by atoms with E-state index in [1.807, 2.05) is 0 Å². The lowest BCUT2D eigenvalue weighted by Crippen LogP contribution is -2.14. The molecule has 0 fully saturated rings. The van der Waals surface area contributed by atoms with Crippen LogP contribution < -0.4 is 10.9 Å². The SMILES string of the molecule is O=c1c2cc([N+](=O)[O-])c3cccc4c(=O)c5cc([N+](=O)[O-])c6cccc1c6c5-c2c34. The van der Waals surface area contributed by atoms with E-state index in [9.17, 15) is 29.8 Å². The van der Waals surface area contributed by atoms with Gasteiger partial charge in [-0.3, -0.25) is 29.8 Å². The number of nitro groups is 2. The fourth-order valence-corrected chi connectivity index (χ4v) is 4.76. The van der Waals surface area contributed by atoms with Gasteiger partial charge in [-0.1, -0.05) is 24.3 Å². The molecule has 0 N–H and O–H groups in total. The molecule has 0 amide bonds. The molecule has 0 aliphatic heterocycles. The standard InChI is InChI=1S/C22H8N2O6/c25-21-11-5-1-3-9-15(23(27)28)7-14-19(17(9)11)20-13(21)8-16(24(29)30)10-4-2-6-12(18(10)20)22(14)26/h1-8H. The first-order chi connectivity index (χ1) is 14.4. The molecule has 8 heteroatoms. The Bertz CT molecular complexity index is 1660. The van der Waals surface area contributed by atoms with Gasteiger partial charge in [-0.2, -0.15) is 0 Å². The maximum Gasteiger partial charge on any atom is 0.277 e. The Morgan fingerprint density at radius 1 is 0.567 bits per heavy atom. The van der Waals surface area contributed by atoms with Crippen molar-refractivity contribution < 1.29 is 9.85 Å². The minimum absolute atomic E-state index is 0.129. The van der Waals surface area contributed by atoms with E-state index in [1.54, 1.807) is 12.1 Å². The molecule has 2 aliphatic carbocycles. The van der Waals surface area contributed by atoms with Crippen molar-refractivity contribution in [1.29, 1.82) is 0 Å². The molecule has 0 radical (unpaired) electrons. The third-order valence-corrected chi connectivity index (χ3v) is 5.90. The largest absolute Gasteiger partial charge is 0.289 e. The van der Waals surface area contributed by atoms with Crippen LogP contribution in [-0.4, -0.2) is 9.85 Å². The first-order valence-electron chi connectivity index (χ1n) is 8.98. The van der Waals surface area contributed by atoms with E-state index < -0.39 is 20.7 Å². The van der Waals surface area contributed by atoms with Crippen molar-refractivity contribution in [3.05, 3.63) is 89.2 Å². The highest BCUT2D eigenvalue weighted by atomic mass is 16.6. The van der Waals surface area contributed by atoms with Crippen LogP contribution in [0.5, 0.6) is 0 Å². The molecule has 0 atom stereocenters. The molecule has 0 saturated heterocycles. The Morgan fingerprint density at radius 2 is 0.933 bits per heavy atom. The molecular formula is C22H8N2O6. The number of benzene rings is 6. The van der Waals surface area contributed by atoms with E-state index >= 15 is 0 Å². The summed E-state index contributed by atoms with van der Waals surface area (Å²) in [7, 11) is 0. The second-order valence-electron chi connectivity index (χ2n) is 7.27. The molecule has 4 aromatic rings. The van der Waals surface area contributed by atoms with Crippen LogP contribution >= 0.6 is 0 Å². The Kier molecular flexibility index (Phi) is 2.81. The lowest BCUT2D eigenvalue weighted by molar-refractivity contribution is -0.383. The lowest BCUT2D eigenvalue weighted by atomic mass is 9.80. The highest BCUT2D eigenvalue weighted by Gasteiger charge is 2.31. The zero-order valence-electron chi connectivity index (χ0n) is 15.0. The van der Waals surface area contributed by atoms with E-state index in [0.717, 1.165) is 0 Å². The van der Waals surface area contributed by atoms with E-state index in [-0.39, 0.29) is 43.7 Å². The molecule has 0 unspecified atom stereocenters. The Balaban J connectivity index is 2.11. The van der Waals surface area contributed by atoms with Gasteiger partial charge in [0.25, 0.3) is 11.4 Å². The molecule has 30 heavy (non-hydrogen) atoms. The maximum absolute atomic E-state index is 13.3. The first-order valence-corrected chi connectivity index (χ1v) is 8.98. The summed E-state index contributed by atoms with van der Waals surface area (Å²) in [4.78, 5) is 48.9. The van der Waals surface area contributed by atoms with E-state index in [4.69, 9.17) is 0 Å². The number of hydrogen-bond acceptors (Lipinski definition) is 6. The quantitative estimate of drug-likeness (QED) is 0.187. The van der Waals surface area contributed by atoms with Crippen LogP contribution in [0.3, 0.4) is 0 Å². The summed E-state index contributed by atoms with van der Waals surface area (Å²) in [6.45, 7) is 0. The number of non-ortho nitro benzene ring substituents is 2. The van der Waals surface area contributed by atoms with Crippen LogP contribution in [0, 0.1) is 20.2 Å². The minimum atomic E-state index is -0.571. The lowest BCUT2D eigenvalue weighted by Gasteiger charge is -2.20. The average Bonchev–Trinajstić information content (AvgIpc) is 2.74. The first kappa shape index (κ1) is 16.5. The molecule has 4 aromatic carbocycles. The van der Waals surface area contributed by atoms with Crippen molar-refractivity contribution in [2.75, 3.05) is 0 Å². The topological polar surface area (TPSA) is 120 Å². The molecule has 0 heterocycles. The van der Waals surface area contributed by atoms with Crippen LogP contribution in [-0.2, 0) is 0 Å². The minimum Gasteiger partial charge on any atom is -0.289 e. The molecule has 0 spiro atoms. The van der Waals surface area contributed by atoms with Gasteiger partial charge in [0, 0.05) is 55.6 Å². The van der Waals surface area contributed by atoms with Gasteiger partial charge in [0.2, 0.25) is 0 Å². The normalized spacial score (nSPS) is 12.1. The second-order valence-corrected chi connectivity index (χ2v) is 7.27. The Morgan fingerprint density at radius 3 is 1.30 bits per heavy atom. The van der Waals surface area contributed by atoms with Gasteiger partial charge in [-0.25, -0.2) is 0 Å². The monoisotopic (exact) mass is 396 g/mol. The fraction of sp³-hybridized carbons (Fsp3) is 0. The fourth-order valence-electron chi connectivity index (χ4n) is 4.76. The van der Waals surface area contributed by atoms with Gasteiger partial charge in [0.05, 0.1) is 20.6 Å². The summed E-state index contributed by atoms with van der Waals surface area (Å²) in [5, 5.41) is 25.3. The van der Waals surface area contributed by atoms with Gasteiger partial charge in [0.15, 0.2) is 10.9 Å². The predicted octanol–water partition coefficient (Wildman–Crippen LogP) is 4.25. The van der Waals surface area contributed by atoms with Crippen molar-refractivity contribution in [1.82, 2.24) is 0 Å². The summed E-state index contributed by atoms with van der Waals surface area (Å²) in [5.74, 6) is 0. The van der Waals surface area contributed by atoms with Crippen LogP contribution in [0.2, 0.25) is 0 Å². The number of rotatable bonds is 2.